The molecular weight excluding hydrogens is 437 g/mol. The monoisotopic (exact) mass is 463 g/mol. The van der Waals surface area contributed by atoms with Crippen molar-refractivity contribution in [3.63, 3.8) is 0 Å². The van der Waals surface area contributed by atoms with Crippen LogP contribution in [-0.2, 0) is 13.1 Å². The number of nitrogens with zero attached hydrogens (tertiary/aromatic N) is 3. The molecule has 0 saturated carbocycles. The van der Waals surface area contributed by atoms with E-state index in [1.807, 2.05) is 19.1 Å². The first kappa shape index (κ1) is 24.7. The van der Waals surface area contributed by atoms with Gasteiger partial charge in [-0.15, -0.1) is 12.4 Å². The molecule has 0 bridgehead atoms. The lowest BCUT2D eigenvalue weighted by Gasteiger charge is -2.14. The maximum Gasteiger partial charge on any atom is 0.276 e. The third-order valence-electron chi connectivity index (χ3n) is 4.42. The molecule has 0 fully saturated rings. The minimum absolute atomic E-state index is 0. The van der Waals surface area contributed by atoms with Gasteiger partial charge in [0.1, 0.15) is 5.75 Å². The zero-order chi connectivity index (χ0) is 21.7. The number of carbonyl (C=O) groups is 1. The zero-order valence-electron chi connectivity index (χ0n) is 17.8. The topological polar surface area (TPSA) is 95.1 Å². The van der Waals surface area contributed by atoms with Gasteiger partial charge in [-0.1, -0.05) is 25.4 Å². The Morgan fingerprint density at radius 1 is 1.26 bits per heavy atom. The number of carbonyl (C=O) groups excluding carboxylic acids is 1. The summed E-state index contributed by atoms with van der Waals surface area (Å²) in [5, 5.41) is 7.89. The largest absolute Gasteiger partial charge is 0.493 e. The quantitative estimate of drug-likeness (QED) is 0.514. The van der Waals surface area contributed by atoms with Crippen molar-refractivity contribution >= 4 is 35.6 Å². The van der Waals surface area contributed by atoms with Gasteiger partial charge in [-0.25, -0.2) is 0 Å². The summed E-state index contributed by atoms with van der Waals surface area (Å²) in [6.45, 7) is 7.50. The maximum atomic E-state index is 12.6. The van der Waals surface area contributed by atoms with Crippen molar-refractivity contribution in [1.82, 2.24) is 14.8 Å². The average Bonchev–Trinajstić information content (AvgIpc) is 3.08. The molecule has 1 amide bonds. The highest BCUT2D eigenvalue weighted by molar-refractivity contribution is 6.30. The molecule has 0 saturated heterocycles. The summed E-state index contributed by atoms with van der Waals surface area (Å²) in [6, 6.07) is 10.8. The molecule has 0 aliphatic heterocycles. The summed E-state index contributed by atoms with van der Waals surface area (Å²) in [6.07, 6.45) is 1.58. The number of pyridine rings is 1. The molecule has 0 radical (unpaired) electrons. The molecule has 1 aromatic carbocycles. The number of hydrogen-bond donors (Lipinski definition) is 2. The highest BCUT2D eigenvalue weighted by atomic mass is 35.5. The Morgan fingerprint density at radius 3 is 2.68 bits per heavy atom. The summed E-state index contributed by atoms with van der Waals surface area (Å²) in [5.74, 6) is 0.866. The van der Waals surface area contributed by atoms with E-state index < -0.39 is 0 Å². The number of rotatable bonds is 8. The molecule has 2 aromatic heterocycles. The van der Waals surface area contributed by atoms with Crippen molar-refractivity contribution in [3.8, 4) is 5.75 Å². The van der Waals surface area contributed by atoms with E-state index in [9.17, 15) is 4.79 Å². The Hall–Kier alpha value is -2.61. The predicted molar refractivity (Wildman–Crippen MR) is 125 cm³/mol. The van der Waals surface area contributed by atoms with Crippen LogP contribution in [0.2, 0.25) is 5.02 Å². The lowest BCUT2D eigenvalue weighted by atomic mass is 10.2. The van der Waals surface area contributed by atoms with Crippen LogP contribution in [0.1, 0.15) is 41.3 Å². The lowest BCUT2D eigenvalue weighted by molar-refractivity contribution is 0.102. The number of halogens is 2. The molecule has 7 nitrogen and oxygen atoms in total. The van der Waals surface area contributed by atoms with Gasteiger partial charge >= 0.3 is 0 Å². The molecule has 166 valence electrons. The minimum Gasteiger partial charge on any atom is -0.493 e. The van der Waals surface area contributed by atoms with Crippen molar-refractivity contribution in [2.45, 2.75) is 33.9 Å². The van der Waals surface area contributed by atoms with Gasteiger partial charge in [0.25, 0.3) is 5.91 Å². The van der Waals surface area contributed by atoms with Gasteiger partial charge < -0.3 is 15.8 Å². The smallest absolute Gasteiger partial charge is 0.276 e. The van der Waals surface area contributed by atoms with Crippen LogP contribution in [0.15, 0.2) is 42.6 Å². The molecule has 3 aromatic rings. The number of ether oxygens (including phenoxy) is 1. The van der Waals surface area contributed by atoms with Crippen molar-refractivity contribution in [2.24, 2.45) is 11.7 Å². The van der Waals surface area contributed by atoms with Gasteiger partial charge in [-0.3, -0.25) is 14.5 Å². The Morgan fingerprint density at radius 2 is 2.03 bits per heavy atom. The molecule has 0 aliphatic rings. The summed E-state index contributed by atoms with van der Waals surface area (Å²) in [4.78, 5) is 16.8. The summed E-state index contributed by atoms with van der Waals surface area (Å²) in [5.41, 5.74) is 8.97. The number of anilines is 1. The number of hydrogen-bond acceptors (Lipinski definition) is 5. The molecule has 0 unspecified atom stereocenters. The Balaban J connectivity index is 0.00000341. The fourth-order valence-corrected chi connectivity index (χ4v) is 3.02. The Labute approximate surface area is 193 Å². The van der Waals surface area contributed by atoms with E-state index in [4.69, 9.17) is 22.1 Å². The second-order valence-corrected chi connectivity index (χ2v) is 7.92. The highest BCUT2D eigenvalue weighted by Gasteiger charge is 2.15. The minimum atomic E-state index is -0.304. The van der Waals surface area contributed by atoms with Crippen LogP contribution in [0.5, 0.6) is 5.75 Å². The predicted octanol–water partition coefficient (Wildman–Crippen LogP) is 4.46. The molecule has 0 aliphatic carbocycles. The van der Waals surface area contributed by atoms with Crippen LogP contribution in [0.4, 0.5) is 5.69 Å². The summed E-state index contributed by atoms with van der Waals surface area (Å²) in [7, 11) is 0. The molecule has 0 spiro atoms. The van der Waals surface area contributed by atoms with Crippen LogP contribution in [-0.4, -0.2) is 27.3 Å². The van der Waals surface area contributed by atoms with E-state index >= 15 is 0 Å². The first-order chi connectivity index (χ1) is 14.4. The van der Waals surface area contributed by atoms with Crippen LogP contribution < -0.4 is 15.8 Å². The van der Waals surface area contributed by atoms with Gasteiger partial charge in [0.05, 0.1) is 30.7 Å². The van der Waals surface area contributed by atoms with Gasteiger partial charge in [0.15, 0.2) is 5.69 Å². The molecule has 31 heavy (non-hydrogen) atoms. The molecule has 3 N–H and O–H groups in total. The number of aromatic nitrogens is 3. The van der Waals surface area contributed by atoms with E-state index in [2.05, 4.69) is 29.2 Å². The second-order valence-electron chi connectivity index (χ2n) is 7.48. The van der Waals surface area contributed by atoms with E-state index in [0.717, 1.165) is 22.7 Å². The van der Waals surface area contributed by atoms with E-state index in [1.165, 1.54) is 0 Å². The van der Waals surface area contributed by atoms with Gasteiger partial charge in [0.2, 0.25) is 0 Å². The van der Waals surface area contributed by atoms with Crippen molar-refractivity contribution in [1.29, 1.82) is 0 Å². The van der Waals surface area contributed by atoms with Crippen molar-refractivity contribution in [2.75, 3.05) is 11.9 Å². The van der Waals surface area contributed by atoms with Crippen LogP contribution in [0.25, 0.3) is 0 Å². The Bertz CT molecular complexity index is 1020. The lowest BCUT2D eigenvalue weighted by Crippen LogP contribution is -2.14. The second kappa shape index (κ2) is 11.1. The summed E-state index contributed by atoms with van der Waals surface area (Å²) >= 11 is 6.19. The first-order valence-electron chi connectivity index (χ1n) is 9.77. The van der Waals surface area contributed by atoms with Gasteiger partial charge in [0, 0.05) is 22.8 Å². The van der Waals surface area contributed by atoms with E-state index in [0.29, 0.717) is 42.0 Å². The van der Waals surface area contributed by atoms with Crippen molar-refractivity contribution in [3.05, 3.63) is 70.3 Å². The van der Waals surface area contributed by atoms with Crippen LogP contribution in [0, 0.1) is 12.8 Å². The third-order valence-corrected chi connectivity index (χ3v) is 4.66. The zero-order valence-corrected chi connectivity index (χ0v) is 19.3. The number of benzene rings is 1. The number of nitrogens with two attached hydrogens (primary N) is 1. The highest BCUT2D eigenvalue weighted by Crippen LogP contribution is 2.25. The summed E-state index contributed by atoms with van der Waals surface area (Å²) < 4.78 is 7.69. The SMILES string of the molecule is Cc1cc(C(=O)Nc2ccc(CN)nc2)nn1Cc1cc(Cl)ccc1OCC(C)C.Cl. The molecule has 3 rings (SSSR count). The van der Waals surface area contributed by atoms with Crippen LogP contribution in [0.3, 0.4) is 0 Å². The fraction of sp³-hybridized carbons (Fsp3) is 0.318. The standard InChI is InChI=1S/C22H26ClN5O2.ClH/c1-14(2)13-30-21-7-4-17(23)9-16(21)12-28-15(3)8-20(27-28)22(29)26-19-6-5-18(10-24)25-11-19;/h4-9,11,14H,10,12-13,24H2,1-3H3,(H,26,29);1H. The van der Waals surface area contributed by atoms with Crippen molar-refractivity contribution < 1.29 is 9.53 Å². The molecule has 9 heteroatoms. The molecular formula is C22H27Cl2N5O2. The third kappa shape index (κ3) is 6.69. The van der Waals surface area contributed by atoms with Gasteiger partial charge in [-0.2, -0.15) is 5.10 Å². The van der Waals surface area contributed by atoms with E-state index in [-0.39, 0.29) is 18.3 Å². The first-order valence-corrected chi connectivity index (χ1v) is 10.2. The molecule has 0 atom stereocenters. The van der Waals surface area contributed by atoms with Crippen LogP contribution >= 0.6 is 24.0 Å². The van der Waals surface area contributed by atoms with Gasteiger partial charge in [-0.05, 0) is 49.2 Å². The number of aryl methyl sites for hydroxylation is 1. The fourth-order valence-electron chi connectivity index (χ4n) is 2.83. The van der Waals surface area contributed by atoms with E-state index in [1.54, 1.807) is 35.1 Å². The normalized spacial score (nSPS) is 10.6. The molecule has 2 heterocycles. The number of nitrogens with one attached hydrogen (secondary N) is 1. The maximum absolute atomic E-state index is 12.6. The number of amides is 1. The average molecular weight is 464 g/mol. The Kier molecular flexibility index (Phi) is 8.86.